The highest BCUT2D eigenvalue weighted by atomic mass is 14.9. The maximum atomic E-state index is 4.57. The van der Waals surface area contributed by atoms with Gasteiger partial charge in [-0.05, 0) is 48.4 Å². The zero-order chi connectivity index (χ0) is 14.5. The normalized spacial score (nSPS) is 12.4. The largest absolute Gasteiger partial charge is 0.310 e. The molecule has 0 amide bonds. The highest BCUT2D eigenvalue weighted by molar-refractivity contribution is 5.78. The van der Waals surface area contributed by atoms with Crippen molar-refractivity contribution in [1.29, 1.82) is 0 Å². The van der Waals surface area contributed by atoms with Crippen LogP contribution in [0.25, 0.3) is 10.9 Å². The van der Waals surface area contributed by atoms with Crippen molar-refractivity contribution in [1.82, 2.24) is 15.3 Å². The number of hydrogen-bond acceptors (Lipinski definition) is 3. The fraction of sp³-hybridized carbons (Fsp3) is 0.222. The quantitative estimate of drug-likeness (QED) is 0.775. The number of hydrogen-bond donors (Lipinski definition) is 1. The first-order chi connectivity index (χ1) is 10.4. The van der Waals surface area contributed by atoms with Crippen LogP contribution >= 0.6 is 0 Å². The first-order valence-electron chi connectivity index (χ1n) is 7.34. The van der Waals surface area contributed by atoms with Crippen LogP contribution < -0.4 is 5.32 Å². The minimum atomic E-state index is 0.273. The molecule has 3 nitrogen and oxygen atoms in total. The molecule has 2 aromatic heterocycles. The summed E-state index contributed by atoms with van der Waals surface area (Å²) in [7, 11) is 0. The molecule has 2 heterocycles. The maximum absolute atomic E-state index is 4.57. The summed E-state index contributed by atoms with van der Waals surface area (Å²) in [6.07, 6.45) is 6.61. The Morgan fingerprint density at radius 2 is 1.90 bits per heavy atom. The van der Waals surface area contributed by atoms with Crippen LogP contribution in [0.2, 0.25) is 0 Å². The molecule has 0 aliphatic carbocycles. The van der Waals surface area contributed by atoms with E-state index in [-0.39, 0.29) is 6.04 Å². The molecule has 0 saturated carbocycles. The lowest BCUT2D eigenvalue weighted by Crippen LogP contribution is -2.23. The predicted octanol–water partition coefficient (Wildman–Crippen LogP) is 3.52. The number of nitrogens with zero attached hydrogens (tertiary/aromatic N) is 2. The molecule has 0 fully saturated rings. The molecule has 0 spiro atoms. The van der Waals surface area contributed by atoms with Crippen LogP contribution in [0.3, 0.4) is 0 Å². The van der Waals surface area contributed by atoms with E-state index in [4.69, 9.17) is 0 Å². The summed E-state index contributed by atoms with van der Waals surface area (Å²) >= 11 is 0. The van der Waals surface area contributed by atoms with Crippen LogP contribution in [-0.2, 0) is 6.42 Å². The highest BCUT2D eigenvalue weighted by Crippen LogP contribution is 2.21. The molecule has 0 saturated heterocycles. The van der Waals surface area contributed by atoms with Gasteiger partial charge in [0.05, 0.1) is 5.52 Å². The first kappa shape index (κ1) is 13.7. The van der Waals surface area contributed by atoms with Gasteiger partial charge in [-0.15, -0.1) is 0 Å². The number of aromatic nitrogens is 2. The Labute approximate surface area is 125 Å². The third kappa shape index (κ3) is 3.26. The molecule has 1 N–H and O–H groups in total. The van der Waals surface area contributed by atoms with Gasteiger partial charge in [-0.3, -0.25) is 9.97 Å². The van der Waals surface area contributed by atoms with Crippen LogP contribution in [0.5, 0.6) is 0 Å². The Morgan fingerprint density at radius 1 is 1.10 bits per heavy atom. The SMILES string of the molecule is CCNC(Cc1ccncc1)c1cnc2ccccc2c1. The fourth-order valence-electron chi connectivity index (χ4n) is 2.59. The number of fused-ring (bicyclic) bond motifs is 1. The minimum absolute atomic E-state index is 0.273. The number of benzene rings is 1. The van der Waals surface area contributed by atoms with Gasteiger partial charge in [-0.25, -0.2) is 0 Å². The lowest BCUT2D eigenvalue weighted by Gasteiger charge is -2.18. The Morgan fingerprint density at radius 3 is 2.71 bits per heavy atom. The van der Waals surface area contributed by atoms with Gasteiger partial charge < -0.3 is 5.32 Å². The third-order valence-corrected chi connectivity index (χ3v) is 3.65. The number of pyridine rings is 2. The molecule has 21 heavy (non-hydrogen) atoms. The molecular weight excluding hydrogens is 258 g/mol. The van der Waals surface area contributed by atoms with Crippen LogP contribution in [-0.4, -0.2) is 16.5 Å². The van der Waals surface area contributed by atoms with Crippen LogP contribution in [0.4, 0.5) is 0 Å². The van der Waals surface area contributed by atoms with E-state index in [2.05, 4.69) is 52.5 Å². The molecule has 3 aromatic rings. The summed E-state index contributed by atoms with van der Waals surface area (Å²) in [6.45, 7) is 3.07. The van der Waals surface area contributed by atoms with E-state index in [0.717, 1.165) is 18.5 Å². The van der Waals surface area contributed by atoms with Gasteiger partial charge in [0.1, 0.15) is 0 Å². The molecule has 0 bridgehead atoms. The minimum Gasteiger partial charge on any atom is -0.310 e. The molecule has 3 rings (SSSR count). The van der Waals surface area contributed by atoms with Crippen molar-refractivity contribution in [3.63, 3.8) is 0 Å². The number of likely N-dealkylation sites (N-methyl/N-ethyl adjacent to an activating group) is 1. The standard InChI is InChI=1S/C18H19N3/c1-2-20-18(11-14-7-9-19-10-8-14)16-12-15-5-3-4-6-17(15)21-13-16/h3-10,12-13,18,20H,2,11H2,1H3. The van der Waals surface area contributed by atoms with Gasteiger partial charge in [0, 0.05) is 30.0 Å². The second kappa shape index (κ2) is 6.46. The number of nitrogens with one attached hydrogen (secondary N) is 1. The Kier molecular flexibility index (Phi) is 4.22. The van der Waals surface area contributed by atoms with Gasteiger partial charge in [0.15, 0.2) is 0 Å². The molecule has 1 unspecified atom stereocenters. The van der Waals surface area contributed by atoms with Crippen LogP contribution in [0, 0.1) is 0 Å². The summed E-state index contributed by atoms with van der Waals surface area (Å²) in [5.41, 5.74) is 3.55. The first-order valence-corrected chi connectivity index (χ1v) is 7.34. The van der Waals surface area contributed by atoms with Gasteiger partial charge in [-0.1, -0.05) is 25.1 Å². The Balaban J connectivity index is 1.91. The average Bonchev–Trinajstić information content (AvgIpc) is 2.55. The predicted molar refractivity (Wildman–Crippen MR) is 86.1 cm³/mol. The Bertz CT molecular complexity index is 710. The highest BCUT2D eigenvalue weighted by Gasteiger charge is 2.12. The van der Waals surface area contributed by atoms with Gasteiger partial charge in [-0.2, -0.15) is 0 Å². The van der Waals surface area contributed by atoms with E-state index in [1.54, 1.807) is 0 Å². The number of para-hydroxylation sites is 1. The van der Waals surface area contributed by atoms with E-state index in [1.807, 2.05) is 30.7 Å². The van der Waals surface area contributed by atoms with Crippen molar-refractivity contribution < 1.29 is 0 Å². The Hall–Kier alpha value is -2.26. The van der Waals surface area contributed by atoms with Crippen LogP contribution in [0.15, 0.2) is 61.1 Å². The smallest absolute Gasteiger partial charge is 0.0702 e. The van der Waals surface area contributed by atoms with Crippen molar-refractivity contribution in [3.8, 4) is 0 Å². The zero-order valence-corrected chi connectivity index (χ0v) is 12.2. The number of rotatable bonds is 5. The van der Waals surface area contributed by atoms with E-state index >= 15 is 0 Å². The van der Waals surface area contributed by atoms with E-state index in [0.29, 0.717) is 0 Å². The topological polar surface area (TPSA) is 37.8 Å². The third-order valence-electron chi connectivity index (χ3n) is 3.65. The van der Waals surface area contributed by atoms with Crippen molar-refractivity contribution in [2.75, 3.05) is 6.54 Å². The summed E-state index contributed by atoms with van der Waals surface area (Å²) in [6, 6.07) is 14.9. The van der Waals surface area contributed by atoms with Gasteiger partial charge in [0.25, 0.3) is 0 Å². The second-order valence-electron chi connectivity index (χ2n) is 5.13. The van der Waals surface area contributed by atoms with Gasteiger partial charge in [0.2, 0.25) is 0 Å². The van der Waals surface area contributed by atoms with Crippen molar-refractivity contribution in [2.24, 2.45) is 0 Å². The molecular formula is C18H19N3. The lowest BCUT2D eigenvalue weighted by molar-refractivity contribution is 0.549. The molecule has 1 aromatic carbocycles. The summed E-state index contributed by atoms with van der Waals surface area (Å²) < 4.78 is 0. The van der Waals surface area contributed by atoms with Crippen molar-refractivity contribution in [2.45, 2.75) is 19.4 Å². The zero-order valence-electron chi connectivity index (χ0n) is 12.2. The molecule has 1 atom stereocenters. The summed E-state index contributed by atoms with van der Waals surface area (Å²) in [5, 5.41) is 4.74. The molecule has 0 aliphatic rings. The molecule has 0 radical (unpaired) electrons. The second-order valence-corrected chi connectivity index (χ2v) is 5.13. The molecule has 3 heteroatoms. The van der Waals surface area contributed by atoms with E-state index in [1.165, 1.54) is 16.5 Å². The average molecular weight is 277 g/mol. The summed E-state index contributed by atoms with van der Waals surface area (Å²) in [5.74, 6) is 0. The summed E-state index contributed by atoms with van der Waals surface area (Å²) in [4.78, 5) is 8.65. The van der Waals surface area contributed by atoms with Gasteiger partial charge >= 0.3 is 0 Å². The van der Waals surface area contributed by atoms with Crippen LogP contribution in [0.1, 0.15) is 24.1 Å². The van der Waals surface area contributed by atoms with E-state index < -0.39 is 0 Å². The maximum Gasteiger partial charge on any atom is 0.0702 e. The van der Waals surface area contributed by atoms with E-state index in [9.17, 15) is 0 Å². The van der Waals surface area contributed by atoms with Crippen molar-refractivity contribution >= 4 is 10.9 Å². The lowest BCUT2D eigenvalue weighted by atomic mass is 9.99. The van der Waals surface area contributed by atoms with Crippen molar-refractivity contribution in [3.05, 3.63) is 72.2 Å². The fourth-order valence-corrected chi connectivity index (χ4v) is 2.59. The monoisotopic (exact) mass is 277 g/mol. The molecule has 106 valence electrons. The molecule has 0 aliphatic heterocycles.